The summed E-state index contributed by atoms with van der Waals surface area (Å²) in [5.41, 5.74) is 2.66. The van der Waals surface area contributed by atoms with Crippen LogP contribution in [0.15, 0.2) is 24.3 Å². The Bertz CT molecular complexity index is 624. The maximum atomic E-state index is 10.6. The second-order valence-electron chi connectivity index (χ2n) is 5.70. The molecule has 2 aromatic rings. The molecular formula is C15H21N5O. The summed E-state index contributed by atoms with van der Waals surface area (Å²) in [4.78, 5) is 8.68. The lowest BCUT2D eigenvalue weighted by molar-refractivity contribution is 0.0167. The quantitative estimate of drug-likeness (QED) is 0.507. The Morgan fingerprint density at radius 1 is 1.14 bits per heavy atom. The number of nitrogens with one attached hydrogen (secondary N) is 2. The third kappa shape index (κ3) is 3.06. The summed E-state index contributed by atoms with van der Waals surface area (Å²) in [6, 6.07) is 7.75. The molecule has 6 nitrogen and oxygen atoms in total. The molecule has 1 saturated carbocycles. The minimum atomic E-state index is -0.638. The Morgan fingerprint density at radius 3 is 2.67 bits per heavy atom. The Balaban J connectivity index is 1.85. The van der Waals surface area contributed by atoms with E-state index in [2.05, 4.69) is 20.7 Å². The first-order valence-electron chi connectivity index (χ1n) is 7.40. The van der Waals surface area contributed by atoms with Crippen LogP contribution < -0.4 is 16.6 Å². The zero-order valence-electron chi connectivity index (χ0n) is 12.0. The molecule has 0 atom stereocenters. The van der Waals surface area contributed by atoms with Crippen molar-refractivity contribution in [2.24, 2.45) is 5.84 Å². The lowest BCUT2D eigenvalue weighted by Gasteiger charge is -2.32. The van der Waals surface area contributed by atoms with Gasteiger partial charge >= 0.3 is 0 Å². The number of nitrogens with two attached hydrogens (primary N) is 1. The number of anilines is 2. The van der Waals surface area contributed by atoms with Gasteiger partial charge in [-0.05, 0) is 25.0 Å². The first-order valence-corrected chi connectivity index (χ1v) is 7.40. The molecule has 0 radical (unpaired) electrons. The van der Waals surface area contributed by atoms with Crippen LogP contribution in [0.1, 0.15) is 32.1 Å². The van der Waals surface area contributed by atoms with Crippen molar-refractivity contribution in [3.05, 3.63) is 24.3 Å². The van der Waals surface area contributed by atoms with Gasteiger partial charge in [0.05, 0.1) is 11.1 Å². The standard InChI is InChI=1S/C15H21N5O/c16-20-14-18-12-7-3-2-6-11(12)13(19-14)17-10-15(21)8-4-1-5-9-15/h2-3,6-7,21H,1,4-5,8-10,16H2,(H2,17,18,19,20). The number of para-hydroxylation sites is 1. The fraction of sp³-hybridized carbons (Fsp3) is 0.467. The first-order chi connectivity index (χ1) is 10.2. The van der Waals surface area contributed by atoms with Gasteiger partial charge in [0.1, 0.15) is 5.82 Å². The van der Waals surface area contributed by atoms with Crippen LogP contribution in [0.3, 0.4) is 0 Å². The van der Waals surface area contributed by atoms with Gasteiger partial charge in [-0.1, -0.05) is 31.4 Å². The Hall–Kier alpha value is -1.92. The van der Waals surface area contributed by atoms with Crippen LogP contribution in [0.2, 0.25) is 0 Å². The predicted octanol–water partition coefficient (Wildman–Crippen LogP) is 2.02. The Morgan fingerprint density at radius 2 is 1.90 bits per heavy atom. The van der Waals surface area contributed by atoms with Crippen molar-refractivity contribution in [2.75, 3.05) is 17.3 Å². The van der Waals surface area contributed by atoms with Gasteiger partial charge in [0.2, 0.25) is 5.95 Å². The second kappa shape index (κ2) is 5.83. The van der Waals surface area contributed by atoms with E-state index in [9.17, 15) is 5.11 Å². The minimum absolute atomic E-state index is 0.367. The van der Waals surface area contributed by atoms with Crippen LogP contribution in [0.4, 0.5) is 11.8 Å². The zero-order valence-corrected chi connectivity index (χ0v) is 12.0. The van der Waals surface area contributed by atoms with Crippen LogP contribution in [0, 0.1) is 0 Å². The number of aromatic nitrogens is 2. The molecule has 0 amide bonds. The summed E-state index contributed by atoms with van der Waals surface area (Å²) >= 11 is 0. The maximum Gasteiger partial charge on any atom is 0.239 e. The van der Waals surface area contributed by atoms with Crippen molar-refractivity contribution in [1.82, 2.24) is 9.97 Å². The number of rotatable bonds is 4. The topological polar surface area (TPSA) is 96.1 Å². The highest BCUT2D eigenvalue weighted by atomic mass is 16.3. The molecule has 0 aliphatic heterocycles. The molecule has 1 aliphatic rings. The molecule has 1 aromatic heterocycles. The van der Waals surface area contributed by atoms with Crippen molar-refractivity contribution in [1.29, 1.82) is 0 Å². The molecule has 21 heavy (non-hydrogen) atoms. The molecule has 6 heteroatoms. The number of aliphatic hydroxyl groups is 1. The van der Waals surface area contributed by atoms with E-state index in [1.807, 2.05) is 24.3 Å². The molecule has 0 unspecified atom stereocenters. The van der Waals surface area contributed by atoms with Gasteiger partial charge in [0, 0.05) is 11.9 Å². The smallest absolute Gasteiger partial charge is 0.239 e. The highest BCUT2D eigenvalue weighted by Crippen LogP contribution is 2.29. The number of nitrogens with zero attached hydrogens (tertiary/aromatic N) is 2. The van der Waals surface area contributed by atoms with E-state index in [-0.39, 0.29) is 0 Å². The fourth-order valence-corrected chi connectivity index (χ4v) is 2.91. The summed E-state index contributed by atoms with van der Waals surface area (Å²) < 4.78 is 0. The molecule has 1 aliphatic carbocycles. The number of hydrogen-bond acceptors (Lipinski definition) is 6. The van der Waals surface area contributed by atoms with E-state index < -0.39 is 5.60 Å². The predicted molar refractivity (Wildman–Crippen MR) is 83.9 cm³/mol. The van der Waals surface area contributed by atoms with Crippen LogP contribution >= 0.6 is 0 Å². The second-order valence-corrected chi connectivity index (χ2v) is 5.70. The molecule has 0 saturated heterocycles. The van der Waals surface area contributed by atoms with Crippen LogP contribution in [0.5, 0.6) is 0 Å². The Kier molecular flexibility index (Phi) is 3.90. The molecule has 1 aromatic carbocycles. The summed E-state index contributed by atoms with van der Waals surface area (Å²) in [7, 11) is 0. The highest BCUT2D eigenvalue weighted by Gasteiger charge is 2.29. The van der Waals surface area contributed by atoms with Crippen molar-refractivity contribution < 1.29 is 5.11 Å². The minimum Gasteiger partial charge on any atom is -0.388 e. The number of fused-ring (bicyclic) bond motifs is 1. The van der Waals surface area contributed by atoms with Crippen LogP contribution in [-0.2, 0) is 0 Å². The Labute approximate surface area is 123 Å². The SMILES string of the molecule is NNc1nc(NCC2(O)CCCCC2)c2ccccc2n1. The normalized spacial score (nSPS) is 17.6. The third-order valence-electron chi connectivity index (χ3n) is 4.10. The van der Waals surface area contributed by atoms with E-state index >= 15 is 0 Å². The van der Waals surface area contributed by atoms with Crippen molar-refractivity contribution >= 4 is 22.7 Å². The maximum absolute atomic E-state index is 10.6. The largest absolute Gasteiger partial charge is 0.388 e. The lowest BCUT2D eigenvalue weighted by atomic mass is 9.85. The van der Waals surface area contributed by atoms with Gasteiger partial charge < -0.3 is 10.4 Å². The van der Waals surface area contributed by atoms with Gasteiger partial charge in [0.15, 0.2) is 0 Å². The van der Waals surface area contributed by atoms with E-state index in [0.717, 1.165) is 36.6 Å². The molecule has 0 bridgehead atoms. The van der Waals surface area contributed by atoms with E-state index in [4.69, 9.17) is 5.84 Å². The number of hydrogen-bond donors (Lipinski definition) is 4. The van der Waals surface area contributed by atoms with Crippen LogP contribution in [-0.4, -0.2) is 27.2 Å². The molecule has 5 N–H and O–H groups in total. The molecule has 1 heterocycles. The molecule has 1 fully saturated rings. The summed E-state index contributed by atoms with van der Waals surface area (Å²) in [5, 5.41) is 14.8. The monoisotopic (exact) mass is 287 g/mol. The summed E-state index contributed by atoms with van der Waals surface area (Å²) in [6.45, 7) is 0.498. The molecule has 112 valence electrons. The average molecular weight is 287 g/mol. The molecule has 3 rings (SSSR count). The summed E-state index contributed by atoms with van der Waals surface area (Å²) in [6.07, 6.45) is 5.05. The number of nitrogen functional groups attached to an aromatic ring is 1. The highest BCUT2D eigenvalue weighted by molar-refractivity contribution is 5.89. The van der Waals surface area contributed by atoms with Gasteiger partial charge in [-0.3, -0.25) is 5.43 Å². The van der Waals surface area contributed by atoms with E-state index in [1.54, 1.807) is 0 Å². The third-order valence-corrected chi connectivity index (χ3v) is 4.10. The van der Waals surface area contributed by atoms with Gasteiger partial charge in [-0.25, -0.2) is 10.8 Å². The molecule has 0 spiro atoms. The average Bonchev–Trinajstić information content (AvgIpc) is 2.53. The van der Waals surface area contributed by atoms with Crippen molar-refractivity contribution in [2.45, 2.75) is 37.7 Å². The number of hydrazine groups is 1. The van der Waals surface area contributed by atoms with Crippen LogP contribution in [0.25, 0.3) is 10.9 Å². The fourth-order valence-electron chi connectivity index (χ4n) is 2.91. The zero-order chi connectivity index (χ0) is 14.7. The van der Waals surface area contributed by atoms with Gasteiger partial charge in [-0.2, -0.15) is 4.98 Å². The van der Waals surface area contributed by atoms with Crippen molar-refractivity contribution in [3.8, 4) is 0 Å². The van der Waals surface area contributed by atoms with Gasteiger partial charge in [-0.15, -0.1) is 0 Å². The number of benzene rings is 1. The first kappa shape index (κ1) is 14.0. The van der Waals surface area contributed by atoms with E-state index in [0.29, 0.717) is 18.3 Å². The summed E-state index contributed by atoms with van der Waals surface area (Å²) in [5.74, 6) is 6.49. The van der Waals surface area contributed by atoms with Gasteiger partial charge in [0.25, 0.3) is 0 Å². The van der Waals surface area contributed by atoms with Crippen molar-refractivity contribution in [3.63, 3.8) is 0 Å². The van der Waals surface area contributed by atoms with E-state index in [1.165, 1.54) is 6.42 Å². The molecular weight excluding hydrogens is 266 g/mol. The lowest BCUT2D eigenvalue weighted by Crippen LogP contribution is -2.39.